The van der Waals surface area contributed by atoms with E-state index in [0.717, 1.165) is 12.1 Å². The molecule has 3 aromatic rings. The third-order valence-corrected chi connectivity index (χ3v) is 5.60. The number of hydrogen-bond acceptors (Lipinski definition) is 6. The fraction of sp³-hybridized carbons (Fsp3) is 0.250. The lowest BCUT2D eigenvalue weighted by Crippen LogP contribution is -2.59. The van der Waals surface area contributed by atoms with E-state index in [4.69, 9.17) is 4.74 Å². The van der Waals surface area contributed by atoms with Gasteiger partial charge in [-0.2, -0.15) is 13.2 Å². The van der Waals surface area contributed by atoms with Gasteiger partial charge in [0.15, 0.2) is 0 Å². The van der Waals surface area contributed by atoms with Crippen molar-refractivity contribution in [2.24, 2.45) is 0 Å². The normalized spacial score (nSPS) is 17.4. The Hall–Kier alpha value is -4.06. The maximum Gasteiger partial charge on any atom is 0.418 e. The third-order valence-electron chi connectivity index (χ3n) is 5.60. The molecule has 0 unspecified atom stereocenters. The molecule has 0 spiro atoms. The zero-order chi connectivity index (χ0) is 25.8. The fourth-order valence-corrected chi connectivity index (χ4v) is 3.68. The van der Waals surface area contributed by atoms with Crippen molar-refractivity contribution in [3.63, 3.8) is 0 Å². The maximum atomic E-state index is 13.3. The van der Waals surface area contributed by atoms with Crippen molar-refractivity contribution >= 4 is 23.2 Å². The molecule has 3 N–H and O–H groups in total. The number of benzene rings is 2. The molecule has 0 bridgehead atoms. The number of hydrogen-bond donors (Lipinski definition) is 3. The Morgan fingerprint density at radius 3 is 2.42 bits per heavy atom. The molecule has 188 valence electrons. The van der Waals surface area contributed by atoms with Crippen molar-refractivity contribution in [1.29, 1.82) is 0 Å². The summed E-state index contributed by atoms with van der Waals surface area (Å²) in [6.45, 7) is 0.401. The fourth-order valence-electron chi connectivity index (χ4n) is 3.68. The first-order valence-electron chi connectivity index (χ1n) is 10.8. The summed E-state index contributed by atoms with van der Waals surface area (Å²) in [5.74, 6) is -1.93. The lowest BCUT2D eigenvalue weighted by atomic mass is 9.96. The molecule has 12 heteroatoms. The topological polar surface area (TPSA) is 105 Å². The minimum atomic E-state index is -4.72. The lowest BCUT2D eigenvalue weighted by molar-refractivity contribution is -0.137. The van der Waals surface area contributed by atoms with Crippen molar-refractivity contribution in [2.45, 2.75) is 24.7 Å². The largest absolute Gasteiger partial charge is 0.418 e. The van der Waals surface area contributed by atoms with E-state index in [-0.39, 0.29) is 30.8 Å². The van der Waals surface area contributed by atoms with Gasteiger partial charge in [-0.3, -0.25) is 9.59 Å². The van der Waals surface area contributed by atoms with E-state index < -0.39 is 34.9 Å². The average Bonchev–Trinajstić information content (AvgIpc) is 3.34. The molecule has 36 heavy (non-hydrogen) atoms. The smallest absolute Gasteiger partial charge is 0.378 e. The van der Waals surface area contributed by atoms with Gasteiger partial charge in [-0.15, -0.1) is 0 Å². The van der Waals surface area contributed by atoms with Crippen molar-refractivity contribution in [3.8, 4) is 0 Å². The van der Waals surface area contributed by atoms with E-state index in [1.165, 1.54) is 30.9 Å². The Balaban J connectivity index is 1.39. The Morgan fingerprint density at radius 2 is 1.78 bits per heavy atom. The van der Waals surface area contributed by atoms with E-state index in [1.807, 2.05) is 0 Å². The summed E-state index contributed by atoms with van der Waals surface area (Å²) >= 11 is 0. The molecule has 4 rings (SSSR count). The van der Waals surface area contributed by atoms with Crippen molar-refractivity contribution in [2.75, 3.05) is 18.5 Å². The van der Waals surface area contributed by atoms with Crippen LogP contribution in [0.2, 0.25) is 0 Å². The van der Waals surface area contributed by atoms with E-state index in [0.29, 0.717) is 23.9 Å². The predicted octanol–water partition coefficient (Wildman–Crippen LogP) is 3.58. The number of alkyl halides is 3. The second-order valence-corrected chi connectivity index (χ2v) is 8.16. The number of carbonyl (C=O) groups is 2. The molecule has 1 saturated heterocycles. The lowest BCUT2D eigenvalue weighted by Gasteiger charge is -2.27. The minimum Gasteiger partial charge on any atom is -0.378 e. The van der Waals surface area contributed by atoms with Gasteiger partial charge in [-0.1, -0.05) is 12.1 Å². The molecule has 8 nitrogen and oxygen atoms in total. The molecular weight excluding hydrogens is 482 g/mol. The summed E-state index contributed by atoms with van der Waals surface area (Å²) in [4.78, 5) is 33.1. The van der Waals surface area contributed by atoms with Gasteiger partial charge in [-0.25, -0.2) is 14.4 Å². The molecule has 2 heterocycles. The standard InChI is InChI=1S/C24H21F4N5O3/c25-17-3-6-20(19(9-17)24(26,27)28)32-18-4-1-15(2-5-18)10-31-22(35)23(7-8-36-13-23)33-21(34)16-11-29-14-30-12-16/h1-6,9,11-12,14,32H,7-8,10,13H2,(H,31,35)(H,33,34)/t23-/m0/s1. The van der Waals surface area contributed by atoms with Gasteiger partial charge in [0.25, 0.3) is 5.91 Å². The quantitative estimate of drug-likeness (QED) is 0.426. The highest BCUT2D eigenvalue weighted by Gasteiger charge is 2.43. The van der Waals surface area contributed by atoms with Gasteiger partial charge in [0.1, 0.15) is 17.7 Å². The summed E-state index contributed by atoms with van der Waals surface area (Å²) in [7, 11) is 0. The van der Waals surface area contributed by atoms with Crippen LogP contribution >= 0.6 is 0 Å². The summed E-state index contributed by atoms with van der Waals surface area (Å²) in [6.07, 6.45) is -0.489. The predicted molar refractivity (Wildman–Crippen MR) is 121 cm³/mol. The van der Waals surface area contributed by atoms with E-state index in [2.05, 4.69) is 25.9 Å². The summed E-state index contributed by atoms with van der Waals surface area (Å²) in [6, 6.07) is 8.71. The van der Waals surface area contributed by atoms with Gasteiger partial charge >= 0.3 is 6.18 Å². The molecule has 1 aliphatic heterocycles. The monoisotopic (exact) mass is 503 g/mol. The molecule has 1 aromatic heterocycles. The number of carbonyl (C=O) groups excluding carboxylic acids is 2. The van der Waals surface area contributed by atoms with Gasteiger partial charge in [0.2, 0.25) is 5.91 Å². The number of amides is 2. The van der Waals surface area contributed by atoms with Crippen LogP contribution in [0.15, 0.2) is 61.2 Å². The highest BCUT2D eigenvalue weighted by molar-refractivity contribution is 5.99. The number of nitrogens with one attached hydrogen (secondary N) is 3. The van der Waals surface area contributed by atoms with E-state index in [9.17, 15) is 27.2 Å². The number of nitrogens with zero attached hydrogens (tertiary/aromatic N) is 2. The van der Waals surface area contributed by atoms with Crippen molar-refractivity contribution in [3.05, 3.63) is 83.7 Å². The van der Waals surface area contributed by atoms with Crippen LogP contribution in [-0.4, -0.2) is 40.5 Å². The molecule has 0 radical (unpaired) electrons. The summed E-state index contributed by atoms with van der Waals surface area (Å²) in [5, 5.41) is 8.12. The Morgan fingerprint density at radius 1 is 1.06 bits per heavy atom. The minimum absolute atomic E-state index is 0.000328. The third kappa shape index (κ3) is 5.77. The van der Waals surface area contributed by atoms with Gasteiger partial charge in [-0.05, 0) is 35.9 Å². The number of halogens is 4. The molecule has 1 fully saturated rings. The van der Waals surface area contributed by atoms with Crippen LogP contribution in [0.3, 0.4) is 0 Å². The second-order valence-electron chi connectivity index (χ2n) is 8.16. The SMILES string of the molecule is O=C(N[C@@]1(C(=O)NCc2ccc(Nc3ccc(F)cc3C(F)(F)F)cc2)CCOC1)c1cncnc1. The summed E-state index contributed by atoms with van der Waals surface area (Å²) < 4.78 is 58.3. The first kappa shape index (κ1) is 25.0. The van der Waals surface area contributed by atoms with Crippen LogP contribution in [0.1, 0.15) is 27.9 Å². The molecule has 1 aliphatic rings. The zero-order valence-corrected chi connectivity index (χ0v) is 18.7. The van der Waals surface area contributed by atoms with Crippen LogP contribution in [0.4, 0.5) is 28.9 Å². The highest BCUT2D eigenvalue weighted by atomic mass is 19.4. The first-order chi connectivity index (χ1) is 17.2. The maximum absolute atomic E-state index is 13.3. The van der Waals surface area contributed by atoms with E-state index >= 15 is 0 Å². The Bertz CT molecular complexity index is 1230. The van der Waals surface area contributed by atoms with Crippen molar-refractivity contribution < 1.29 is 31.9 Å². The Labute approximate surface area is 203 Å². The van der Waals surface area contributed by atoms with Gasteiger partial charge in [0, 0.05) is 37.7 Å². The van der Waals surface area contributed by atoms with Crippen LogP contribution in [0.25, 0.3) is 0 Å². The van der Waals surface area contributed by atoms with Crippen molar-refractivity contribution in [1.82, 2.24) is 20.6 Å². The molecular formula is C24H21F4N5O3. The van der Waals surface area contributed by atoms with Crippen LogP contribution in [0.5, 0.6) is 0 Å². The average molecular weight is 503 g/mol. The number of anilines is 2. The van der Waals surface area contributed by atoms with Gasteiger partial charge < -0.3 is 20.7 Å². The zero-order valence-electron chi connectivity index (χ0n) is 18.7. The van der Waals surface area contributed by atoms with E-state index in [1.54, 1.807) is 12.1 Å². The molecule has 2 aromatic carbocycles. The van der Waals surface area contributed by atoms with Crippen LogP contribution < -0.4 is 16.0 Å². The highest BCUT2D eigenvalue weighted by Crippen LogP contribution is 2.36. The molecule has 0 saturated carbocycles. The number of aromatic nitrogens is 2. The van der Waals surface area contributed by atoms with Crippen LogP contribution in [-0.2, 0) is 22.3 Å². The van der Waals surface area contributed by atoms with Crippen LogP contribution in [0, 0.1) is 5.82 Å². The summed E-state index contributed by atoms with van der Waals surface area (Å²) in [5.41, 5.74) is -1.44. The number of rotatable bonds is 7. The Kier molecular flexibility index (Phi) is 7.15. The second kappa shape index (κ2) is 10.3. The number of ether oxygens (including phenoxy) is 1. The van der Waals surface area contributed by atoms with Gasteiger partial charge in [0.05, 0.1) is 23.4 Å². The first-order valence-corrected chi connectivity index (χ1v) is 10.8. The molecule has 2 amide bonds. The molecule has 1 atom stereocenters. The molecule has 0 aliphatic carbocycles.